The molecule has 0 saturated carbocycles. The molecule has 0 unspecified atom stereocenters. The number of ether oxygens (including phenoxy) is 3. The van der Waals surface area contributed by atoms with Crippen LogP contribution < -0.4 is 0 Å². The summed E-state index contributed by atoms with van der Waals surface area (Å²) in [5, 5.41) is 0. The average molecular weight is 337 g/mol. The van der Waals surface area contributed by atoms with E-state index in [0.717, 1.165) is 0 Å². The van der Waals surface area contributed by atoms with Crippen LogP contribution in [0.15, 0.2) is 0 Å². The van der Waals surface area contributed by atoms with Crippen LogP contribution in [0.5, 0.6) is 0 Å². The molecule has 0 aromatic rings. The van der Waals surface area contributed by atoms with Crippen LogP contribution >= 0.6 is 15.9 Å². The molecule has 0 aromatic heterocycles. The molecule has 0 N–H and O–H groups in total. The molecule has 0 amide bonds. The van der Waals surface area contributed by atoms with Gasteiger partial charge in [-0.3, -0.25) is 4.79 Å². The third kappa shape index (κ3) is 4.17. The number of carbonyl (C=O) groups is 1. The second-order valence-electron chi connectivity index (χ2n) is 5.94. The summed E-state index contributed by atoms with van der Waals surface area (Å²) in [5.41, 5.74) is 0. The second-order valence-corrected chi connectivity index (χ2v) is 7.59. The van der Waals surface area contributed by atoms with Crippen LogP contribution in [0.4, 0.5) is 0 Å². The Kier molecular flexibility index (Phi) is 5.43. The molecule has 0 radical (unpaired) electrons. The summed E-state index contributed by atoms with van der Waals surface area (Å²) < 4.78 is 16.1. The van der Waals surface area contributed by atoms with Crippen LogP contribution in [0.3, 0.4) is 0 Å². The van der Waals surface area contributed by atoms with Crippen molar-refractivity contribution in [3.05, 3.63) is 0 Å². The van der Waals surface area contributed by atoms with Crippen LogP contribution in [0, 0.1) is 5.92 Å². The number of hydrogen-bond donors (Lipinski definition) is 0. The second kappa shape index (κ2) is 6.10. The molecule has 1 fully saturated rings. The summed E-state index contributed by atoms with van der Waals surface area (Å²) >= 11 is 3.48. The molecule has 1 heterocycles. The maximum atomic E-state index is 12.1. The van der Waals surface area contributed by atoms with Crippen molar-refractivity contribution in [3.8, 4) is 0 Å². The van der Waals surface area contributed by atoms with E-state index in [1.807, 2.05) is 13.8 Å². The van der Waals surface area contributed by atoms with Crippen molar-refractivity contribution in [3.63, 3.8) is 0 Å². The fourth-order valence-corrected chi connectivity index (χ4v) is 2.58. The molecular weight excluding hydrogens is 312 g/mol. The van der Waals surface area contributed by atoms with Gasteiger partial charge < -0.3 is 14.2 Å². The van der Waals surface area contributed by atoms with E-state index in [1.165, 1.54) is 0 Å². The average Bonchev–Trinajstić information content (AvgIpc) is 2.27. The van der Waals surface area contributed by atoms with Crippen LogP contribution in [-0.4, -0.2) is 34.9 Å². The monoisotopic (exact) mass is 336 g/mol. The number of alkyl halides is 1. The quantitative estimate of drug-likeness (QED) is 0.583. The van der Waals surface area contributed by atoms with E-state index in [-0.39, 0.29) is 18.2 Å². The molecule has 0 aliphatic carbocycles. The predicted molar refractivity (Wildman–Crippen MR) is 77.2 cm³/mol. The third-order valence-electron chi connectivity index (χ3n) is 3.33. The molecule has 1 aliphatic heterocycles. The Balaban J connectivity index is 2.89. The lowest BCUT2D eigenvalue weighted by molar-refractivity contribution is -0.309. The SMILES string of the molecule is CCOC(=O)[C@](C)(Br)[C@@H]1C[C@H](C(C)C)OC(C)(C)O1. The van der Waals surface area contributed by atoms with E-state index in [1.54, 1.807) is 13.8 Å². The van der Waals surface area contributed by atoms with Gasteiger partial charge >= 0.3 is 5.97 Å². The Bertz CT molecular complexity index is 325. The summed E-state index contributed by atoms with van der Waals surface area (Å²) in [5.74, 6) is -0.615. The van der Waals surface area contributed by atoms with Crippen molar-refractivity contribution in [2.24, 2.45) is 5.92 Å². The van der Waals surface area contributed by atoms with Crippen LogP contribution in [-0.2, 0) is 19.0 Å². The van der Waals surface area contributed by atoms with Gasteiger partial charge in [0, 0.05) is 6.42 Å². The summed E-state index contributed by atoms with van der Waals surface area (Å²) in [7, 11) is 0. The Hall–Kier alpha value is -0.130. The Morgan fingerprint density at radius 2 is 2.05 bits per heavy atom. The van der Waals surface area contributed by atoms with Crippen LogP contribution in [0.1, 0.15) is 48.0 Å². The van der Waals surface area contributed by atoms with Crippen molar-refractivity contribution in [1.29, 1.82) is 0 Å². The van der Waals surface area contributed by atoms with E-state index in [9.17, 15) is 4.79 Å². The minimum Gasteiger partial charge on any atom is -0.465 e. The number of rotatable bonds is 4. The number of halogens is 1. The zero-order chi connectivity index (χ0) is 14.8. The molecule has 0 bridgehead atoms. The van der Waals surface area contributed by atoms with Crippen molar-refractivity contribution in [2.45, 2.75) is 70.3 Å². The van der Waals surface area contributed by atoms with E-state index >= 15 is 0 Å². The van der Waals surface area contributed by atoms with Gasteiger partial charge in [-0.25, -0.2) is 0 Å². The minimum absolute atomic E-state index is 0.0695. The minimum atomic E-state index is -0.850. The van der Waals surface area contributed by atoms with E-state index in [0.29, 0.717) is 18.9 Å². The highest BCUT2D eigenvalue weighted by atomic mass is 79.9. The summed E-state index contributed by atoms with van der Waals surface area (Å²) in [4.78, 5) is 12.1. The van der Waals surface area contributed by atoms with Gasteiger partial charge in [-0.2, -0.15) is 0 Å². The fraction of sp³-hybridized carbons (Fsp3) is 0.929. The standard InChI is InChI=1S/C14H25BrO4/c1-7-17-12(16)14(6,15)11-8-10(9(2)3)18-13(4,5)19-11/h9-11H,7-8H2,1-6H3/t10-,11+,14-/m1/s1. The summed E-state index contributed by atoms with van der Waals surface area (Å²) in [6.07, 6.45) is 0.463. The first-order valence-corrected chi connectivity index (χ1v) is 7.61. The number of carbonyl (C=O) groups excluding carboxylic acids is 1. The predicted octanol–water partition coefficient (Wildman–Crippen LogP) is 3.27. The van der Waals surface area contributed by atoms with Gasteiger partial charge in [0.2, 0.25) is 0 Å². The van der Waals surface area contributed by atoms with Crippen molar-refractivity contribution in [2.75, 3.05) is 6.61 Å². The Morgan fingerprint density at radius 3 is 2.53 bits per heavy atom. The van der Waals surface area contributed by atoms with Gasteiger partial charge in [0.25, 0.3) is 0 Å². The molecule has 0 aromatic carbocycles. The van der Waals surface area contributed by atoms with E-state index < -0.39 is 10.1 Å². The lowest BCUT2D eigenvalue weighted by atomic mass is 9.92. The first-order valence-electron chi connectivity index (χ1n) is 6.82. The first-order chi connectivity index (χ1) is 8.60. The van der Waals surface area contributed by atoms with Gasteiger partial charge in [0.05, 0.1) is 18.8 Å². The van der Waals surface area contributed by atoms with Crippen molar-refractivity contribution >= 4 is 21.9 Å². The normalized spacial score (nSPS) is 29.9. The smallest absolute Gasteiger partial charge is 0.325 e. The lowest BCUT2D eigenvalue weighted by Gasteiger charge is -2.45. The van der Waals surface area contributed by atoms with Gasteiger partial charge in [0.1, 0.15) is 4.32 Å². The molecule has 1 saturated heterocycles. The molecule has 0 spiro atoms. The molecule has 3 atom stereocenters. The highest BCUT2D eigenvalue weighted by molar-refractivity contribution is 9.10. The molecular formula is C14H25BrO4. The molecule has 5 heteroatoms. The zero-order valence-electron chi connectivity index (χ0n) is 12.7. The summed E-state index contributed by atoms with van der Waals surface area (Å²) in [6.45, 7) is 11.9. The lowest BCUT2D eigenvalue weighted by Crippen LogP contribution is -2.55. The van der Waals surface area contributed by atoms with Gasteiger partial charge in [0.15, 0.2) is 5.79 Å². The number of esters is 1. The summed E-state index contributed by atoms with van der Waals surface area (Å²) in [6, 6.07) is 0. The topological polar surface area (TPSA) is 44.8 Å². The van der Waals surface area contributed by atoms with Crippen molar-refractivity contribution in [1.82, 2.24) is 0 Å². The first kappa shape index (κ1) is 16.9. The van der Waals surface area contributed by atoms with Crippen LogP contribution in [0.2, 0.25) is 0 Å². The maximum Gasteiger partial charge on any atom is 0.325 e. The largest absolute Gasteiger partial charge is 0.465 e. The van der Waals surface area contributed by atoms with Gasteiger partial charge in [-0.15, -0.1) is 0 Å². The Morgan fingerprint density at radius 1 is 1.47 bits per heavy atom. The van der Waals surface area contributed by atoms with Gasteiger partial charge in [-0.05, 0) is 33.6 Å². The van der Waals surface area contributed by atoms with E-state index in [2.05, 4.69) is 29.8 Å². The van der Waals surface area contributed by atoms with Gasteiger partial charge in [-0.1, -0.05) is 29.8 Å². The fourth-order valence-electron chi connectivity index (χ4n) is 2.19. The van der Waals surface area contributed by atoms with Crippen molar-refractivity contribution < 1.29 is 19.0 Å². The Labute approximate surface area is 124 Å². The zero-order valence-corrected chi connectivity index (χ0v) is 14.2. The molecule has 1 rings (SSSR count). The van der Waals surface area contributed by atoms with E-state index in [4.69, 9.17) is 14.2 Å². The molecule has 4 nitrogen and oxygen atoms in total. The molecule has 1 aliphatic rings. The molecule has 19 heavy (non-hydrogen) atoms. The third-order valence-corrected chi connectivity index (χ3v) is 4.16. The highest BCUT2D eigenvalue weighted by Gasteiger charge is 2.48. The number of hydrogen-bond acceptors (Lipinski definition) is 4. The maximum absolute atomic E-state index is 12.1. The molecule has 112 valence electrons. The van der Waals surface area contributed by atoms with Crippen LogP contribution in [0.25, 0.3) is 0 Å². The highest BCUT2D eigenvalue weighted by Crippen LogP contribution is 2.38.